The van der Waals surface area contributed by atoms with Crippen LogP contribution in [0.5, 0.6) is 0 Å². The van der Waals surface area contributed by atoms with Gasteiger partial charge >= 0.3 is 0 Å². The molecule has 1 heterocycles. The highest BCUT2D eigenvalue weighted by Crippen LogP contribution is 2.23. The summed E-state index contributed by atoms with van der Waals surface area (Å²) in [4.78, 5) is 12.1. The summed E-state index contributed by atoms with van der Waals surface area (Å²) in [5.74, 6) is -0.725. The molecule has 7 nitrogen and oxygen atoms in total. The molecule has 2 unspecified atom stereocenters. The van der Waals surface area contributed by atoms with Gasteiger partial charge in [0.25, 0.3) is 0 Å². The van der Waals surface area contributed by atoms with Crippen LogP contribution in [-0.4, -0.2) is 33.6 Å². The Morgan fingerprint density at radius 2 is 2.10 bits per heavy atom. The van der Waals surface area contributed by atoms with Gasteiger partial charge in [0, 0.05) is 11.7 Å². The first-order chi connectivity index (χ1) is 9.30. The first-order valence-electron chi connectivity index (χ1n) is 6.07. The van der Waals surface area contributed by atoms with Gasteiger partial charge in [-0.1, -0.05) is 6.07 Å². The second kappa shape index (κ2) is 5.49. The molecular formula is C12H17N3O4S. The summed E-state index contributed by atoms with van der Waals surface area (Å²) < 4.78 is 28.0. The molecule has 1 aliphatic rings. The lowest BCUT2D eigenvalue weighted by Crippen LogP contribution is -2.37. The quantitative estimate of drug-likeness (QED) is 0.697. The molecule has 1 aromatic carbocycles. The molecule has 2 rings (SSSR count). The molecule has 0 aromatic heterocycles. The number of ether oxygens (including phenoxy) is 1. The summed E-state index contributed by atoms with van der Waals surface area (Å²) >= 11 is 0. The average Bonchev–Trinajstić information content (AvgIpc) is 2.76. The van der Waals surface area contributed by atoms with Crippen molar-refractivity contribution >= 4 is 21.6 Å². The Morgan fingerprint density at radius 1 is 1.40 bits per heavy atom. The number of primary sulfonamides is 1. The van der Waals surface area contributed by atoms with Gasteiger partial charge in [-0.15, -0.1) is 0 Å². The molecule has 0 saturated carbocycles. The monoisotopic (exact) mass is 299 g/mol. The number of rotatable bonds is 3. The van der Waals surface area contributed by atoms with Crippen LogP contribution in [0.2, 0.25) is 0 Å². The van der Waals surface area contributed by atoms with Gasteiger partial charge in [0.05, 0.1) is 24.0 Å². The lowest BCUT2D eigenvalue weighted by Gasteiger charge is -2.16. The minimum atomic E-state index is -3.82. The van der Waals surface area contributed by atoms with Gasteiger partial charge in [0.1, 0.15) is 0 Å². The van der Waals surface area contributed by atoms with Crippen LogP contribution in [0, 0.1) is 12.8 Å². The topological polar surface area (TPSA) is 125 Å². The normalized spacial score (nSPS) is 22.8. The number of hydrogen-bond donors (Lipinski definition) is 3. The molecule has 1 aromatic rings. The predicted molar refractivity (Wildman–Crippen MR) is 73.5 cm³/mol. The fourth-order valence-electron chi connectivity index (χ4n) is 2.12. The number of carbonyl (C=O) groups is 1. The zero-order chi connectivity index (χ0) is 14.9. The van der Waals surface area contributed by atoms with E-state index in [0.29, 0.717) is 17.9 Å². The summed E-state index contributed by atoms with van der Waals surface area (Å²) in [6, 6.07) is 4.18. The number of sulfonamides is 1. The molecule has 2 atom stereocenters. The standard InChI is InChI=1S/C12H17N3O4S/c1-7-10(3-2-4-11(7)20(14,17)18)15-12(16)8-5-19-6-9(8)13/h2-4,8-9H,5-6,13H2,1H3,(H,15,16)(H2,14,17,18). The maximum Gasteiger partial charge on any atom is 0.238 e. The molecule has 0 radical (unpaired) electrons. The fraction of sp³-hybridized carbons (Fsp3) is 0.417. The van der Waals surface area contributed by atoms with E-state index in [1.807, 2.05) is 0 Å². The van der Waals surface area contributed by atoms with Crippen LogP contribution in [0.15, 0.2) is 23.1 Å². The van der Waals surface area contributed by atoms with Crippen LogP contribution in [0.4, 0.5) is 5.69 Å². The highest BCUT2D eigenvalue weighted by Gasteiger charge is 2.31. The van der Waals surface area contributed by atoms with E-state index < -0.39 is 15.9 Å². The Morgan fingerprint density at radius 3 is 2.65 bits per heavy atom. The van der Waals surface area contributed by atoms with Crippen molar-refractivity contribution in [3.63, 3.8) is 0 Å². The average molecular weight is 299 g/mol. The molecule has 110 valence electrons. The summed E-state index contributed by atoms with van der Waals surface area (Å²) in [5, 5.41) is 7.80. The van der Waals surface area contributed by atoms with E-state index in [4.69, 9.17) is 15.6 Å². The largest absolute Gasteiger partial charge is 0.379 e. The zero-order valence-electron chi connectivity index (χ0n) is 11.0. The number of amides is 1. The summed E-state index contributed by atoms with van der Waals surface area (Å²) in [7, 11) is -3.82. The van der Waals surface area contributed by atoms with Crippen LogP contribution in [0.3, 0.4) is 0 Å². The van der Waals surface area contributed by atoms with E-state index in [1.54, 1.807) is 13.0 Å². The second-order valence-electron chi connectivity index (χ2n) is 4.77. The lowest BCUT2D eigenvalue weighted by atomic mass is 10.0. The zero-order valence-corrected chi connectivity index (χ0v) is 11.8. The van der Waals surface area contributed by atoms with E-state index in [0.717, 1.165) is 0 Å². The molecule has 0 aliphatic carbocycles. The van der Waals surface area contributed by atoms with Gasteiger partial charge in [-0.3, -0.25) is 4.79 Å². The third-order valence-electron chi connectivity index (χ3n) is 3.31. The van der Waals surface area contributed by atoms with Crippen molar-refractivity contribution in [2.24, 2.45) is 16.8 Å². The van der Waals surface area contributed by atoms with Gasteiger partial charge in [-0.25, -0.2) is 13.6 Å². The van der Waals surface area contributed by atoms with Gasteiger partial charge in [0.15, 0.2) is 0 Å². The third-order valence-corrected chi connectivity index (χ3v) is 4.37. The first kappa shape index (κ1) is 14.9. The Kier molecular flexibility index (Phi) is 4.09. The summed E-state index contributed by atoms with van der Waals surface area (Å²) in [6.07, 6.45) is 0. The van der Waals surface area contributed by atoms with Gasteiger partial charge in [0.2, 0.25) is 15.9 Å². The highest BCUT2D eigenvalue weighted by molar-refractivity contribution is 7.89. The van der Waals surface area contributed by atoms with Crippen molar-refractivity contribution in [2.75, 3.05) is 18.5 Å². The van der Waals surface area contributed by atoms with Crippen LogP contribution in [0.25, 0.3) is 0 Å². The molecule has 8 heteroatoms. The van der Waals surface area contributed by atoms with Crippen LogP contribution in [-0.2, 0) is 19.6 Å². The van der Waals surface area contributed by atoms with Gasteiger partial charge < -0.3 is 15.8 Å². The van der Waals surface area contributed by atoms with Gasteiger partial charge in [-0.2, -0.15) is 0 Å². The SMILES string of the molecule is Cc1c(NC(=O)C2COCC2N)cccc1S(N)(=O)=O. The highest BCUT2D eigenvalue weighted by atomic mass is 32.2. The Labute approximate surface area is 117 Å². The minimum Gasteiger partial charge on any atom is -0.379 e. The molecule has 20 heavy (non-hydrogen) atoms. The minimum absolute atomic E-state index is 0.0118. The lowest BCUT2D eigenvalue weighted by molar-refractivity contribution is -0.120. The van der Waals surface area contributed by atoms with E-state index >= 15 is 0 Å². The van der Waals surface area contributed by atoms with E-state index in [-0.39, 0.29) is 23.5 Å². The smallest absolute Gasteiger partial charge is 0.238 e. The molecule has 1 saturated heterocycles. The van der Waals surface area contributed by atoms with Crippen molar-refractivity contribution in [1.82, 2.24) is 0 Å². The Balaban J connectivity index is 2.24. The molecule has 1 amide bonds. The number of carbonyl (C=O) groups excluding carboxylic acids is 1. The first-order valence-corrected chi connectivity index (χ1v) is 7.62. The number of anilines is 1. The second-order valence-corrected chi connectivity index (χ2v) is 6.30. The molecule has 0 bridgehead atoms. The van der Waals surface area contributed by atoms with Crippen molar-refractivity contribution in [2.45, 2.75) is 17.9 Å². The number of hydrogen-bond acceptors (Lipinski definition) is 5. The van der Waals surface area contributed by atoms with Crippen LogP contribution >= 0.6 is 0 Å². The molecular weight excluding hydrogens is 282 g/mol. The van der Waals surface area contributed by atoms with Crippen molar-refractivity contribution in [3.8, 4) is 0 Å². The third kappa shape index (κ3) is 2.98. The fourth-order valence-corrected chi connectivity index (χ4v) is 2.93. The molecule has 5 N–H and O–H groups in total. The van der Waals surface area contributed by atoms with E-state index in [1.165, 1.54) is 12.1 Å². The molecule has 0 spiro atoms. The van der Waals surface area contributed by atoms with Crippen LogP contribution in [0.1, 0.15) is 5.56 Å². The number of nitrogens with one attached hydrogen (secondary N) is 1. The summed E-state index contributed by atoms with van der Waals surface area (Å²) in [6.45, 7) is 2.19. The van der Waals surface area contributed by atoms with Crippen LogP contribution < -0.4 is 16.2 Å². The van der Waals surface area contributed by atoms with Crippen molar-refractivity contribution < 1.29 is 17.9 Å². The summed E-state index contributed by atoms with van der Waals surface area (Å²) in [5.41, 5.74) is 6.57. The molecule has 1 aliphatic heterocycles. The Hall–Kier alpha value is -1.48. The molecule has 1 fully saturated rings. The number of benzene rings is 1. The van der Waals surface area contributed by atoms with Crippen molar-refractivity contribution in [1.29, 1.82) is 0 Å². The number of nitrogens with two attached hydrogens (primary N) is 2. The predicted octanol–water partition coefficient (Wildman–Crippen LogP) is -0.445. The van der Waals surface area contributed by atoms with Gasteiger partial charge in [-0.05, 0) is 24.6 Å². The van der Waals surface area contributed by atoms with E-state index in [2.05, 4.69) is 5.32 Å². The Bertz CT molecular complexity index is 630. The van der Waals surface area contributed by atoms with E-state index in [9.17, 15) is 13.2 Å². The maximum absolute atomic E-state index is 12.1. The van der Waals surface area contributed by atoms with Crippen molar-refractivity contribution in [3.05, 3.63) is 23.8 Å². The maximum atomic E-state index is 12.1.